The molecule has 0 amide bonds. The minimum absolute atomic E-state index is 0.0313. The molecule has 0 rings (SSSR count). The highest BCUT2D eigenvalue weighted by molar-refractivity contribution is 7.85. The van der Waals surface area contributed by atoms with Crippen LogP contribution >= 0.6 is 0 Å². The molecular formula is C9H18O2S. The summed E-state index contributed by atoms with van der Waals surface area (Å²) in [6.07, 6.45) is 4.53. The maximum Gasteiger partial charge on any atom is 0.142 e. The van der Waals surface area contributed by atoms with E-state index in [2.05, 4.69) is 6.92 Å². The van der Waals surface area contributed by atoms with Crippen LogP contribution in [0.1, 0.15) is 39.5 Å². The van der Waals surface area contributed by atoms with Gasteiger partial charge in [0, 0.05) is 16.6 Å². The van der Waals surface area contributed by atoms with Crippen LogP contribution in [0.4, 0.5) is 0 Å². The summed E-state index contributed by atoms with van der Waals surface area (Å²) in [5.74, 6) is 0.968. The molecule has 0 radical (unpaired) electrons. The van der Waals surface area contributed by atoms with Crippen molar-refractivity contribution in [2.75, 3.05) is 11.5 Å². The van der Waals surface area contributed by atoms with Gasteiger partial charge in [-0.25, -0.2) is 0 Å². The number of carbonyl (C=O) groups excluding carboxylic acids is 1. The van der Waals surface area contributed by atoms with Gasteiger partial charge in [0.25, 0.3) is 0 Å². The molecule has 0 fully saturated rings. The first-order valence-electron chi connectivity index (χ1n) is 4.51. The van der Waals surface area contributed by atoms with Gasteiger partial charge in [-0.3, -0.25) is 9.00 Å². The molecule has 0 aromatic carbocycles. The van der Waals surface area contributed by atoms with Crippen molar-refractivity contribution in [3.63, 3.8) is 0 Å². The van der Waals surface area contributed by atoms with Crippen LogP contribution in [0.2, 0.25) is 0 Å². The van der Waals surface area contributed by atoms with Crippen molar-refractivity contribution in [1.82, 2.24) is 0 Å². The van der Waals surface area contributed by atoms with Gasteiger partial charge >= 0.3 is 0 Å². The lowest BCUT2D eigenvalue weighted by atomic mass is 10.2. The molecule has 72 valence electrons. The standard InChI is InChI=1S/C9H18O2S/c1-3-4-5-6-7-12(11)8-9(2)10/h3-8H2,1-2H3. The Morgan fingerprint density at radius 2 is 1.92 bits per heavy atom. The average molecular weight is 190 g/mol. The summed E-state index contributed by atoms with van der Waals surface area (Å²) in [7, 11) is -0.903. The van der Waals surface area contributed by atoms with E-state index in [-0.39, 0.29) is 11.5 Å². The van der Waals surface area contributed by atoms with Gasteiger partial charge in [0.15, 0.2) is 0 Å². The van der Waals surface area contributed by atoms with Gasteiger partial charge in [-0.1, -0.05) is 26.2 Å². The van der Waals surface area contributed by atoms with E-state index in [0.29, 0.717) is 5.75 Å². The van der Waals surface area contributed by atoms with Crippen molar-refractivity contribution in [2.24, 2.45) is 0 Å². The fraction of sp³-hybridized carbons (Fsp3) is 0.889. The van der Waals surface area contributed by atoms with Gasteiger partial charge in [-0.15, -0.1) is 0 Å². The third-order valence-electron chi connectivity index (χ3n) is 1.59. The first-order valence-corrected chi connectivity index (χ1v) is 6.00. The first-order chi connectivity index (χ1) is 5.66. The summed E-state index contributed by atoms with van der Waals surface area (Å²) >= 11 is 0. The second-order valence-corrected chi connectivity index (χ2v) is 4.63. The lowest BCUT2D eigenvalue weighted by Gasteiger charge is -1.98. The number of ketones is 1. The third kappa shape index (κ3) is 7.92. The van der Waals surface area contributed by atoms with Crippen LogP contribution < -0.4 is 0 Å². The van der Waals surface area contributed by atoms with Crippen LogP contribution in [0.15, 0.2) is 0 Å². The SMILES string of the molecule is CCCCCCS(=O)CC(C)=O. The lowest BCUT2D eigenvalue weighted by Crippen LogP contribution is -2.09. The van der Waals surface area contributed by atoms with Gasteiger partial charge in [-0.2, -0.15) is 0 Å². The van der Waals surface area contributed by atoms with Crippen LogP contribution in [0.5, 0.6) is 0 Å². The van der Waals surface area contributed by atoms with Crippen molar-refractivity contribution < 1.29 is 9.00 Å². The van der Waals surface area contributed by atoms with Crippen molar-refractivity contribution in [2.45, 2.75) is 39.5 Å². The van der Waals surface area contributed by atoms with E-state index in [9.17, 15) is 9.00 Å². The van der Waals surface area contributed by atoms with Crippen LogP contribution in [0, 0.1) is 0 Å². The molecule has 0 heterocycles. The second-order valence-electron chi connectivity index (χ2n) is 3.05. The van der Waals surface area contributed by atoms with Crippen LogP contribution in [0.3, 0.4) is 0 Å². The van der Waals surface area contributed by atoms with Gasteiger partial charge in [0.1, 0.15) is 5.78 Å². The Hall–Kier alpha value is -0.180. The predicted octanol–water partition coefficient (Wildman–Crippen LogP) is 1.90. The zero-order valence-corrected chi connectivity index (χ0v) is 8.78. The highest BCUT2D eigenvalue weighted by atomic mass is 32.2. The Balaban J connectivity index is 3.26. The van der Waals surface area contributed by atoms with Gasteiger partial charge in [0.2, 0.25) is 0 Å². The molecule has 0 saturated carbocycles. The highest BCUT2D eigenvalue weighted by Gasteiger charge is 2.01. The third-order valence-corrected chi connectivity index (χ3v) is 3.06. The van der Waals surface area contributed by atoms with E-state index in [4.69, 9.17) is 0 Å². The Morgan fingerprint density at radius 1 is 1.25 bits per heavy atom. The van der Waals surface area contributed by atoms with Crippen molar-refractivity contribution >= 4 is 16.6 Å². The van der Waals surface area contributed by atoms with E-state index < -0.39 is 10.8 Å². The summed E-state index contributed by atoms with van der Waals surface area (Å²) in [5.41, 5.74) is 0. The van der Waals surface area contributed by atoms with Gasteiger partial charge in [-0.05, 0) is 13.3 Å². The Bertz CT molecular complexity index is 155. The lowest BCUT2D eigenvalue weighted by molar-refractivity contribution is -0.114. The van der Waals surface area contributed by atoms with E-state index >= 15 is 0 Å². The molecule has 1 unspecified atom stereocenters. The van der Waals surface area contributed by atoms with Crippen LogP contribution in [0.25, 0.3) is 0 Å². The van der Waals surface area contributed by atoms with E-state index in [1.165, 1.54) is 19.8 Å². The summed E-state index contributed by atoms with van der Waals surface area (Å²) in [4.78, 5) is 10.5. The van der Waals surface area contributed by atoms with Crippen molar-refractivity contribution in [3.05, 3.63) is 0 Å². The van der Waals surface area contributed by atoms with Gasteiger partial charge < -0.3 is 0 Å². The van der Waals surface area contributed by atoms with Crippen molar-refractivity contribution in [3.8, 4) is 0 Å². The van der Waals surface area contributed by atoms with E-state index in [1.54, 1.807) is 0 Å². The molecule has 3 heteroatoms. The summed E-state index contributed by atoms with van der Waals surface area (Å²) in [5, 5.41) is 0. The Morgan fingerprint density at radius 3 is 2.42 bits per heavy atom. The fourth-order valence-corrected chi connectivity index (χ4v) is 2.11. The largest absolute Gasteiger partial charge is 0.299 e. The number of carbonyl (C=O) groups is 1. The maximum absolute atomic E-state index is 11.1. The quantitative estimate of drug-likeness (QED) is 0.575. The summed E-state index contributed by atoms with van der Waals surface area (Å²) in [6, 6.07) is 0. The monoisotopic (exact) mass is 190 g/mol. The number of unbranched alkanes of at least 4 members (excludes halogenated alkanes) is 3. The number of hydrogen-bond donors (Lipinski definition) is 0. The van der Waals surface area contributed by atoms with Crippen LogP contribution in [-0.2, 0) is 15.6 Å². The molecule has 0 aliphatic rings. The molecule has 0 saturated heterocycles. The van der Waals surface area contributed by atoms with E-state index in [0.717, 1.165) is 12.8 Å². The van der Waals surface area contributed by atoms with Crippen molar-refractivity contribution in [1.29, 1.82) is 0 Å². The number of rotatable bonds is 7. The second kappa shape index (κ2) is 7.47. The molecule has 0 N–H and O–H groups in total. The fourth-order valence-electron chi connectivity index (χ4n) is 0.989. The molecule has 1 atom stereocenters. The summed E-state index contributed by atoms with van der Waals surface area (Å²) < 4.78 is 11.1. The molecule has 0 aliphatic heterocycles. The summed E-state index contributed by atoms with van der Waals surface area (Å²) in [6.45, 7) is 3.64. The average Bonchev–Trinajstić information content (AvgIpc) is 1.97. The Kier molecular flexibility index (Phi) is 7.36. The number of hydrogen-bond acceptors (Lipinski definition) is 2. The topological polar surface area (TPSA) is 34.1 Å². The minimum Gasteiger partial charge on any atom is -0.299 e. The van der Waals surface area contributed by atoms with Gasteiger partial charge in [0.05, 0.1) is 5.75 Å². The minimum atomic E-state index is -0.903. The smallest absolute Gasteiger partial charge is 0.142 e. The zero-order chi connectivity index (χ0) is 9.40. The molecule has 0 aromatic rings. The molecule has 0 spiro atoms. The molecule has 12 heavy (non-hydrogen) atoms. The predicted molar refractivity (Wildman–Crippen MR) is 52.7 cm³/mol. The molecule has 0 bridgehead atoms. The zero-order valence-electron chi connectivity index (χ0n) is 7.97. The maximum atomic E-state index is 11.1. The highest BCUT2D eigenvalue weighted by Crippen LogP contribution is 2.00. The molecule has 2 nitrogen and oxygen atoms in total. The first kappa shape index (κ1) is 11.8. The van der Waals surface area contributed by atoms with Crippen LogP contribution in [-0.4, -0.2) is 21.5 Å². The molecular weight excluding hydrogens is 172 g/mol. The Labute approximate surface area is 77.2 Å². The number of Topliss-reactive ketones (excluding diaryl/α,β-unsaturated/α-hetero) is 1. The normalized spacial score (nSPS) is 12.8. The van der Waals surface area contributed by atoms with E-state index in [1.807, 2.05) is 0 Å². The molecule has 0 aromatic heterocycles. The molecule has 0 aliphatic carbocycles.